The third-order valence-electron chi connectivity index (χ3n) is 4.89. The molecule has 156 valence electrons. The maximum atomic E-state index is 13.2. The molecule has 0 spiro atoms. The van der Waals surface area contributed by atoms with E-state index in [1.165, 1.54) is 25.4 Å². The SMILES string of the molecule is COc1ccc(-c2c(C)noc2C)cc1S(=O)(=O)Nc1cnc2c(c1)C(=O)NCC2. The molecule has 10 heteroatoms. The van der Waals surface area contributed by atoms with Crippen LogP contribution in [-0.4, -0.2) is 38.1 Å². The van der Waals surface area contributed by atoms with E-state index in [4.69, 9.17) is 9.26 Å². The third kappa shape index (κ3) is 3.50. The highest BCUT2D eigenvalue weighted by atomic mass is 32.2. The number of nitrogens with one attached hydrogen (secondary N) is 2. The summed E-state index contributed by atoms with van der Waals surface area (Å²) in [5.41, 5.74) is 3.20. The number of rotatable bonds is 5. The van der Waals surface area contributed by atoms with Crippen molar-refractivity contribution < 1.29 is 22.5 Å². The predicted octanol–water partition coefficient (Wildman–Crippen LogP) is 2.45. The van der Waals surface area contributed by atoms with Crippen LogP contribution in [0.15, 0.2) is 39.9 Å². The number of sulfonamides is 1. The second-order valence-corrected chi connectivity index (χ2v) is 8.55. The Kier molecular flexibility index (Phi) is 4.94. The normalized spacial score (nSPS) is 13.5. The maximum absolute atomic E-state index is 13.2. The third-order valence-corrected chi connectivity index (χ3v) is 6.29. The van der Waals surface area contributed by atoms with Gasteiger partial charge in [0, 0.05) is 18.5 Å². The summed E-state index contributed by atoms with van der Waals surface area (Å²) >= 11 is 0. The molecule has 3 heterocycles. The highest BCUT2D eigenvalue weighted by Gasteiger charge is 2.24. The van der Waals surface area contributed by atoms with Gasteiger partial charge in [-0.1, -0.05) is 11.2 Å². The van der Waals surface area contributed by atoms with Gasteiger partial charge in [0.05, 0.1) is 35.9 Å². The molecule has 0 saturated carbocycles. The first kappa shape index (κ1) is 19.9. The number of ether oxygens (including phenoxy) is 1. The van der Waals surface area contributed by atoms with Crippen LogP contribution in [0.25, 0.3) is 11.1 Å². The van der Waals surface area contributed by atoms with Crippen LogP contribution in [0, 0.1) is 13.8 Å². The van der Waals surface area contributed by atoms with Gasteiger partial charge in [-0.2, -0.15) is 0 Å². The van der Waals surface area contributed by atoms with Crippen molar-refractivity contribution in [2.45, 2.75) is 25.2 Å². The molecular weight excluding hydrogens is 408 g/mol. The highest BCUT2D eigenvalue weighted by Crippen LogP contribution is 2.34. The zero-order valence-electron chi connectivity index (χ0n) is 16.6. The number of amides is 1. The number of hydrogen-bond donors (Lipinski definition) is 2. The second-order valence-electron chi connectivity index (χ2n) is 6.89. The zero-order chi connectivity index (χ0) is 21.5. The summed E-state index contributed by atoms with van der Waals surface area (Å²) in [6, 6.07) is 6.31. The van der Waals surface area contributed by atoms with Crippen LogP contribution in [0.3, 0.4) is 0 Å². The molecule has 1 aliphatic heterocycles. The van der Waals surface area contributed by atoms with Crippen LogP contribution in [0.2, 0.25) is 0 Å². The molecule has 0 fully saturated rings. The van der Waals surface area contributed by atoms with Gasteiger partial charge in [0.2, 0.25) is 0 Å². The van der Waals surface area contributed by atoms with Crippen LogP contribution in [0.5, 0.6) is 5.75 Å². The number of carbonyl (C=O) groups excluding carboxylic acids is 1. The minimum absolute atomic E-state index is 0.0512. The van der Waals surface area contributed by atoms with Crippen molar-refractivity contribution in [1.29, 1.82) is 0 Å². The van der Waals surface area contributed by atoms with E-state index in [0.29, 0.717) is 41.2 Å². The monoisotopic (exact) mass is 428 g/mol. The van der Waals surface area contributed by atoms with Gasteiger partial charge in [-0.25, -0.2) is 8.42 Å². The van der Waals surface area contributed by atoms with E-state index in [9.17, 15) is 13.2 Å². The fraction of sp³-hybridized carbons (Fsp3) is 0.250. The van der Waals surface area contributed by atoms with Crippen molar-refractivity contribution >= 4 is 21.6 Å². The lowest BCUT2D eigenvalue weighted by molar-refractivity contribution is 0.0945. The van der Waals surface area contributed by atoms with Crippen LogP contribution < -0.4 is 14.8 Å². The average Bonchev–Trinajstić information content (AvgIpc) is 3.06. The Morgan fingerprint density at radius 3 is 2.73 bits per heavy atom. The van der Waals surface area contributed by atoms with E-state index < -0.39 is 10.0 Å². The largest absolute Gasteiger partial charge is 0.495 e. The van der Waals surface area contributed by atoms with Gasteiger partial charge >= 0.3 is 0 Å². The molecule has 0 radical (unpaired) electrons. The highest BCUT2D eigenvalue weighted by molar-refractivity contribution is 7.92. The first-order chi connectivity index (χ1) is 14.3. The van der Waals surface area contributed by atoms with Gasteiger partial charge in [-0.15, -0.1) is 0 Å². The first-order valence-corrected chi connectivity index (χ1v) is 10.7. The van der Waals surface area contributed by atoms with Gasteiger partial charge in [0.25, 0.3) is 15.9 Å². The van der Waals surface area contributed by atoms with Gasteiger partial charge in [-0.05, 0) is 37.6 Å². The van der Waals surface area contributed by atoms with Crippen molar-refractivity contribution in [1.82, 2.24) is 15.5 Å². The Morgan fingerprint density at radius 2 is 2.03 bits per heavy atom. The van der Waals surface area contributed by atoms with Gasteiger partial charge in [-0.3, -0.25) is 14.5 Å². The molecule has 0 atom stereocenters. The lowest BCUT2D eigenvalue weighted by Crippen LogP contribution is -2.32. The number of fused-ring (bicyclic) bond motifs is 1. The molecule has 2 N–H and O–H groups in total. The van der Waals surface area contributed by atoms with Crippen molar-refractivity contribution in [3.8, 4) is 16.9 Å². The Bertz CT molecular complexity index is 1230. The molecule has 0 unspecified atom stereocenters. The summed E-state index contributed by atoms with van der Waals surface area (Å²) in [4.78, 5) is 16.2. The van der Waals surface area contributed by atoms with Crippen LogP contribution >= 0.6 is 0 Å². The molecule has 1 aliphatic rings. The number of aromatic nitrogens is 2. The lowest BCUT2D eigenvalue weighted by atomic mass is 10.0. The molecule has 9 nitrogen and oxygen atoms in total. The number of anilines is 1. The standard InChI is InChI=1S/C20H20N4O5S/c1-11-19(12(2)29-23-11)13-4-5-17(28-3)18(8-13)30(26,27)24-14-9-15-16(22-10-14)6-7-21-20(15)25/h4-5,8-10,24H,6-7H2,1-3H3,(H,21,25). The lowest BCUT2D eigenvalue weighted by Gasteiger charge is -2.17. The van der Waals surface area contributed by atoms with Gasteiger partial charge in [0.15, 0.2) is 0 Å². The van der Waals surface area contributed by atoms with Crippen LogP contribution in [0.4, 0.5) is 5.69 Å². The second kappa shape index (κ2) is 7.45. The Morgan fingerprint density at radius 1 is 1.23 bits per heavy atom. The number of carbonyl (C=O) groups is 1. The summed E-state index contributed by atoms with van der Waals surface area (Å²) in [7, 11) is -2.64. The van der Waals surface area contributed by atoms with Gasteiger partial charge in [0.1, 0.15) is 16.4 Å². The minimum atomic E-state index is -4.04. The van der Waals surface area contributed by atoms with Crippen molar-refractivity contribution in [3.05, 3.63) is 53.2 Å². The van der Waals surface area contributed by atoms with Crippen molar-refractivity contribution in [2.24, 2.45) is 0 Å². The molecule has 1 amide bonds. The average molecular weight is 428 g/mol. The molecule has 4 rings (SSSR count). The summed E-state index contributed by atoms with van der Waals surface area (Å²) < 4.78 is 39.3. The number of hydrogen-bond acceptors (Lipinski definition) is 7. The number of methoxy groups -OCH3 is 1. The van der Waals surface area contributed by atoms with E-state index in [1.54, 1.807) is 26.0 Å². The number of aryl methyl sites for hydroxylation is 2. The van der Waals surface area contributed by atoms with Crippen LogP contribution in [0.1, 0.15) is 27.5 Å². The number of pyridine rings is 1. The molecule has 0 aliphatic carbocycles. The topological polar surface area (TPSA) is 123 Å². The smallest absolute Gasteiger partial charge is 0.265 e. The fourth-order valence-corrected chi connectivity index (χ4v) is 4.71. The molecule has 2 aromatic heterocycles. The van der Waals surface area contributed by atoms with E-state index in [0.717, 1.165) is 5.56 Å². The first-order valence-electron chi connectivity index (χ1n) is 9.21. The summed E-state index contributed by atoms with van der Waals surface area (Å²) in [6.45, 7) is 4.05. The van der Waals surface area contributed by atoms with E-state index in [1.807, 2.05) is 0 Å². The zero-order valence-corrected chi connectivity index (χ0v) is 17.5. The summed E-state index contributed by atoms with van der Waals surface area (Å²) in [5.74, 6) is 0.489. The Balaban J connectivity index is 1.75. The molecule has 3 aromatic rings. The summed E-state index contributed by atoms with van der Waals surface area (Å²) in [5, 5.41) is 6.65. The number of benzene rings is 1. The predicted molar refractivity (Wildman–Crippen MR) is 109 cm³/mol. The minimum Gasteiger partial charge on any atom is -0.495 e. The van der Waals surface area contributed by atoms with Crippen molar-refractivity contribution in [3.63, 3.8) is 0 Å². The molecule has 30 heavy (non-hydrogen) atoms. The quantitative estimate of drug-likeness (QED) is 0.640. The van der Waals surface area contributed by atoms with Crippen LogP contribution in [-0.2, 0) is 16.4 Å². The van der Waals surface area contributed by atoms with Crippen molar-refractivity contribution in [2.75, 3.05) is 18.4 Å². The molecule has 0 bridgehead atoms. The molecular formula is C20H20N4O5S. The van der Waals surface area contributed by atoms with E-state index >= 15 is 0 Å². The van der Waals surface area contributed by atoms with E-state index in [2.05, 4.69) is 20.2 Å². The Hall–Kier alpha value is -3.40. The number of nitrogens with zero attached hydrogens (tertiary/aromatic N) is 2. The Labute approximate surface area is 173 Å². The summed E-state index contributed by atoms with van der Waals surface area (Å²) in [6.07, 6.45) is 2.00. The van der Waals surface area contributed by atoms with Gasteiger partial charge < -0.3 is 14.6 Å². The maximum Gasteiger partial charge on any atom is 0.265 e. The fourth-order valence-electron chi connectivity index (χ4n) is 3.48. The van der Waals surface area contributed by atoms with E-state index in [-0.39, 0.29) is 22.2 Å². The molecule has 0 saturated heterocycles. The molecule has 1 aromatic carbocycles.